The Kier molecular flexibility index (Phi) is 3.88. The van der Waals surface area contributed by atoms with E-state index >= 15 is 0 Å². The van der Waals surface area contributed by atoms with Gasteiger partial charge in [0.15, 0.2) is 0 Å². The van der Waals surface area contributed by atoms with E-state index in [0.717, 1.165) is 12.0 Å². The van der Waals surface area contributed by atoms with Gasteiger partial charge in [0.1, 0.15) is 0 Å². The molecule has 4 heteroatoms. The third-order valence-corrected chi connectivity index (χ3v) is 1.88. The summed E-state index contributed by atoms with van der Waals surface area (Å²) in [5.74, 6) is 0.334. The normalized spacial score (nSPS) is 11.0. The Bertz CT molecular complexity index is 370. The van der Waals surface area contributed by atoms with Crippen molar-refractivity contribution in [3.63, 3.8) is 0 Å². The zero-order valence-electron chi connectivity index (χ0n) is 10.2. The van der Waals surface area contributed by atoms with Crippen molar-refractivity contribution in [2.45, 2.75) is 39.7 Å². The summed E-state index contributed by atoms with van der Waals surface area (Å²) in [6.07, 6.45) is 2.05. The molecule has 1 amide bonds. The number of nitrogens with one attached hydrogen (secondary N) is 1. The maximum Gasteiger partial charge on any atom is 0.414 e. The lowest BCUT2D eigenvalue weighted by atomic mass is 10.1. The van der Waals surface area contributed by atoms with E-state index in [1.165, 1.54) is 0 Å². The zero-order valence-corrected chi connectivity index (χ0v) is 10.2. The first-order chi connectivity index (χ1) is 7.40. The Morgan fingerprint density at radius 2 is 2.19 bits per heavy atom. The average Bonchev–Trinajstić information content (AvgIpc) is 2.15. The molecule has 0 spiro atoms. The van der Waals surface area contributed by atoms with Crippen LogP contribution in [0.1, 0.15) is 33.3 Å². The van der Waals surface area contributed by atoms with Gasteiger partial charge in [-0.15, -0.1) is 0 Å². The first-order valence-corrected chi connectivity index (χ1v) is 5.35. The second kappa shape index (κ2) is 4.96. The number of amides is 1. The van der Waals surface area contributed by atoms with Crippen LogP contribution < -0.4 is 10.1 Å². The Hall–Kier alpha value is -1.58. The van der Waals surface area contributed by atoms with Crippen molar-refractivity contribution in [2.75, 3.05) is 0 Å². The number of hydrogen-bond donors (Lipinski definition) is 1. The molecule has 0 atom stereocenters. The largest absolute Gasteiger partial charge is 0.414 e. The van der Waals surface area contributed by atoms with Crippen LogP contribution in [0.2, 0.25) is 0 Å². The molecule has 1 aromatic heterocycles. The van der Waals surface area contributed by atoms with Crippen LogP contribution in [-0.2, 0) is 6.42 Å². The number of carbonyl (C=O) groups excluding carboxylic acids is 1. The number of ether oxygens (including phenoxy) is 1. The monoisotopic (exact) mass is 222 g/mol. The van der Waals surface area contributed by atoms with Crippen molar-refractivity contribution in [2.24, 2.45) is 0 Å². The SMILES string of the molecule is CCc1ccnc(OC(=O)NC(C)(C)C)c1. The maximum absolute atomic E-state index is 11.5. The van der Waals surface area contributed by atoms with Crippen molar-refractivity contribution in [1.82, 2.24) is 10.3 Å². The maximum atomic E-state index is 11.5. The third-order valence-electron chi connectivity index (χ3n) is 1.88. The highest BCUT2D eigenvalue weighted by Crippen LogP contribution is 2.10. The lowest BCUT2D eigenvalue weighted by Gasteiger charge is -2.19. The summed E-state index contributed by atoms with van der Waals surface area (Å²) in [6, 6.07) is 3.66. The van der Waals surface area contributed by atoms with E-state index in [1.807, 2.05) is 33.8 Å². The number of hydrogen-bond acceptors (Lipinski definition) is 3. The smallest absolute Gasteiger partial charge is 0.391 e. The van der Waals surface area contributed by atoms with Gasteiger partial charge in [-0.2, -0.15) is 0 Å². The van der Waals surface area contributed by atoms with E-state index in [-0.39, 0.29) is 5.54 Å². The van der Waals surface area contributed by atoms with Crippen LogP contribution >= 0.6 is 0 Å². The first-order valence-electron chi connectivity index (χ1n) is 5.35. The predicted octanol–water partition coefficient (Wildman–Crippen LogP) is 2.53. The van der Waals surface area contributed by atoms with E-state index in [9.17, 15) is 4.79 Å². The molecule has 0 aliphatic rings. The van der Waals surface area contributed by atoms with Gasteiger partial charge in [-0.1, -0.05) is 6.92 Å². The number of nitrogens with zero attached hydrogens (tertiary/aromatic N) is 1. The second-order valence-electron chi connectivity index (χ2n) is 4.62. The molecular weight excluding hydrogens is 204 g/mol. The Balaban J connectivity index is 2.62. The molecular formula is C12H18N2O2. The van der Waals surface area contributed by atoms with E-state index in [1.54, 1.807) is 12.3 Å². The van der Waals surface area contributed by atoms with Crippen molar-refractivity contribution in [1.29, 1.82) is 0 Å². The van der Waals surface area contributed by atoms with Gasteiger partial charge in [0, 0.05) is 17.8 Å². The fourth-order valence-corrected chi connectivity index (χ4v) is 1.15. The van der Waals surface area contributed by atoms with Crippen molar-refractivity contribution >= 4 is 6.09 Å². The molecule has 0 radical (unpaired) electrons. The minimum Gasteiger partial charge on any atom is -0.391 e. The van der Waals surface area contributed by atoms with Crippen molar-refractivity contribution in [3.8, 4) is 5.88 Å². The molecule has 0 bridgehead atoms. The molecule has 0 unspecified atom stereocenters. The number of rotatable bonds is 2. The molecule has 0 saturated heterocycles. The minimum atomic E-state index is -0.478. The lowest BCUT2D eigenvalue weighted by molar-refractivity contribution is 0.189. The van der Waals surface area contributed by atoms with E-state index in [4.69, 9.17) is 4.74 Å². The number of carbonyl (C=O) groups is 1. The highest BCUT2D eigenvalue weighted by Gasteiger charge is 2.15. The predicted molar refractivity (Wildman–Crippen MR) is 62.5 cm³/mol. The quantitative estimate of drug-likeness (QED) is 0.836. The van der Waals surface area contributed by atoms with Crippen molar-refractivity contribution in [3.05, 3.63) is 23.9 Å². The summed E-state index contributed by atoms with van der Waals surface area (Å²) in [6.45, 7) is 7.72. The second-order valence-corrected chi connectivity index (χ2v) is 4.62. The van der Waals surface area contributed by atoms with Crippen LogP contribution in [0.5, 0.6) is 5.88 Å². The summed E-state index contributed by atoms with van der Waals surface area (Å²) in [5, 5.41) is 2.70. The number of pyridine rings is 1. The van der Waals surface area contributed by atoms with Crippen LogP contribution in [0.25, 0.3) is 0 Å². The van der Waals surface area contributed by atoms with Crippen LogP contribution in [0.4, 0.5) is 4.79 Å². The van der Waals surface area contributed by atoms with Gasteiger partial charge in [-0.3, -0.25) is 0 Å². The van der Waals surface area contributed by atoms with Crippen LogP contribution in [0.3, 0.4) is 0 Å². The summed E-state index contributed by atoms with van der Waals surface area (Å²) in [5.41, 5.74) is 0.785. The summed E-state index contributed by atoms with van der Waals surface area (Å²) >= 11 is 0. The summed E-state index contributed by atoms with van der Waals surface area (Å²) in [7, 11) is 0. The molecule has 0 aliphatic heterocycles. The van der Waals surface area contributed by atoms with Crippen LogP contribution in [0, 0.1) is 0 Å². The van der Waals surface area contributed by atoms with Gasteiger partial charge >= 0.3 is 6.09 Å². The van der Waals surface area contributed by atoms with Gasteiger partial charge in [0.2, 0.25) is 5.88 Å². The van der Waals surface area contributed by atoms with Crippen LogP contribution in [0.15, 0.2) is 18.3 Å². The molecule has 0 fully saturated rings. The van der Waals surface area contributed by atoms with Crippen LogP contribution in [-0.4, -0.2) is 16.6 Å². The van der Waals surface area contributed by atoms with Gasteiger partial charge in [-0.25, -0.2) is 9.78 Å². The minimum absolute atomic E-state index is 0.306. The highest BCUT2D eigenvalue weighted by molar-refractivity contribution is 5.70. The topological polar surface area (TPSA) is 51.2 Å². The lowest BCUT2D eigenvalue weighted by Crippen LogP contribution is -2.42. The molecule has 0 aliphatic carbocycles. The highest BCUT2D eigenvalue weighted by atomic mass is 16.6. The Labute approximate surface area is 96.0 Å². The number of aromatic nitrogens is 1. The number of aryl methyl sites for hydroxylation is 1. The molecule has 0 saturated carbocycles. The molecule has 88 valence electrons. The molecule has 1 N–H and O–H groups in total. The molecule has 1 rings (SSSR count). The Morgan fingerprint density at radius 1 is 1.50 bits per heavy atom. The van der Waals surface area contributed by atoms with E-state index in [0.29, 0.717) is 5.88 Å². The zero-order chi connectivity index (χ0) is 12.2. The fourth-order valence-electron chi connectivity index (χ4n) is 1.15. The van der Waals surface area contributed by atoms with Gasteiger partial charge in [0.05, 0.1) is 0 Å². The van der Waals surface area contributed by atoms with E-state index in [2.05, 4.69) is 10.3 Å². The van der Waals surface area contributed by atoms with Gasteiger partial charge in [0.25, 0.3) is 0 Å². The summed E-state index contributed by atoms with van der Waals surface area (Å²) < 4.78 is 5.07. The van der Waals surface area contributed by atoms with E-state index < -0.39 is 6.09 Å². The average molecular weight is 222 g/mol. The molecule has 4 nitrogen and oxygen atoms in total. The summed E-state index contributed by atoms with van der Waals surface area (Å²) in [4.78, 5) is 15.4. The molecule has 0 aromatic carbocycles. The third kappa shape index (κ3) is 4.29. The standard InChI is InChI=1S/C12H18N2O2/c1-5-9-6-7-13-10(8-9)16-11(15)14-12(2,3)4/h6-8H,5H2,1-4H3,(H,14,15). The van der Waals surface area contributed by atoms with Crippen molar-refractivity contribution < 1.29 is 9.53 Å². The van der Waals surface area contributed by atoms with Gasteiger partial charge in [-0.05, 0) is 38.8 Å². The molecule has 1 aromatic rings. The Morgan fingerprint density at radius 3 is 2.75 bits per heavy atom. The van der Waals surface area contributed by atoms with Gasteiger partial charge < -0.3 is 10.1 Å². The fraction of sp³-hybridized carbons (Fsp3) is 0.500. The molecule has 16 heavy (non-hydrogen) atoms. The molecule has 1 heterocycles. The first kappa shape index (κ1) is 12.5.